The van der Waals surface area contributed by atoms with Crippen LogP contribution in [0.15, 0.2) is 52.5 Å². The lowest BCUT2D eigenvalue weighted by atomic mass is 10.3. The summed E-state index contributed by atoms with van der Waals surface area (Å²) in [6, 6.07) is 9.84. The van der Waals surface area contributed by atoms with Crippen LogP contribution in [0, 0.1) is 0 Å². The molecular weight excluding hydrogens is 290 g/mol. The summed E-state index contributed by atoms with van der Waals surface area (Å²) in [5, 5.41) is 0.909. The van der Waals surface area contributed by atoms with Gasteiger partial charge in [-0.2, -0.15) is 0 Å². The SMILES string of the molecule is CCOC(=O)C1=CN(c2ccccc2)/C(=C/C(C)=S)S1. The Morgan fingerprint density at radius 3 is 2.70 bits per heavy atom. The van der Waals surface area contributed by atoms with Crippen molar-refractivity contribution in [1.29, 1.82) is 0 Å². The van der Waals surface area contributed by atoms with Crippen LogP contribution in [0.25, 0.3) is 0 Å². The molecule has 0 aliphatic carbocycles. The average Bonchev–Trinajstić information content (AvgIpc) is 2.83. The highest BCUT2D eigenvalue weighted by atomic mass is 32.2. The van der Waals surface area contributed by atoms with Crippen LogP contribution < -0.4 is 4.90 Å². The number of thioether (sulfide) groups is 1. The number of esters is 1. The third kappa shape index (κ3) is 3.49. The normalized spacial score (nSPS) is 16.2. The van der Waals surface area contributed by atoms with Gasteiger partial charge in [-0.15, -0.1) is 0 Å². The Morgan fingerprint density at radius 2 is 2.10 bits per heavy atom. The number of nitrogens with zero attached hydrogens (tertiary/aromatic N) is 1. The molecule has 1 heterocycles. The summed E-state index contributed by atoms with van der Waals surface area (Å²) in [6.07, 6.45) is 3.68. The summed E-state index contributed by atoms with van der Waals surface area (Å²) in [4.78, 5) is 15.1. The number of rotatable bonds is 4. The number of thiocarbonyl (C=S) groups is 1. The van der Waals surface area contributed by atoms with Crippen molar-refractivity contribution in [3.8, 4) is 0 Å². The molecule has 0 unspecified atom stereocenters. The van der Waals surface area contributed by atoms with Gasteiger partial charge in [0.2, 0.25) is 0 Å². The largest absolute Gasteiger partial charge is 0.462 e. The smallest absolute Gasteiger partial charge is 0.346 e. The second-order valence-corrected chi connectivity index (χ2v) is 5.82. The molecule has 0 N–H and O–H groups in total. The van der Waals surface area contributed by atoms with Gasteiger partial charge >= 0.3 is 5.97 Å². The summed E-state index contributed by atoms with van der Waals surface area (Å²) in [7, 11) is 0. The van der Waals surface area contributed by atoms with Crippen LogP contribution in [-0.4, -0.2) is 17.4 Å². The molecule has 0 radical (unpaired) electrons. The number of allylic oxidation sites excluding steroid dienone is 1. The highest BCUT2D eigenvalue weighted by Gasteiger charge is 2.26. The van der Waals surface area contributed by atoms with Gasteiger partial charge in [-0.05, 0) is 32.1 Å². The third-order valence-electron chi connectivity index (χ3n) is 2.54. The van der Waals surface area contributed by atoms with E-state index in [0.29, 0.717) is 11.5 Å². The predicted octanol–water partition coefficient (Wildman–Crippen LogP) is 3.88. The van der Waals surface area contributed by atoms with Gasteiger partial charge in [0.25, 0.3) is 0 Å². The van der Waals surface area contributed by atoms with Gasteiger partial charge in [0.05, 0.1) is 11.6 Å². The van der Waals surface area contributed by atoms with Gasteiger partial charge in [0.1, 0.15) is 4.91 Å². The van der Waals surface area contributed by atoms with Crippen LogP contribution in [0.3, 0.4) is 0 Å². The van der Waals surface area contributed by atoms with Crippen molar-refractivity contribution in [1.82, 2.24) is 0 Å². The van der Waals surface area contributed by atoms with Crippen LogP contribution in [0.5, 0.6) is 0 Å². The van der Waals surface area contributed by atoms with Gasteiger partial charge in [0.15, 0.2) is 0 Å². The second kappa shape index (κ2) is 6.72. The highest BCUT2D eigenvalue weighted by Crippen LogP contribution is 2.39. The number of benzene rings is 1. The topological polar surface area (TPSA) is 29.5 Å². The zero-order valence-electron chi connectivity index (χ0n) is 11.3. The van der Waals surface area contributed by atoms with Crippen LogP contribution >= 0.6 is 24.0 Å². The van der Waals surface area contributed by atoms with Crippen LogP contribution in [-0.2, 0) is 9.53 Å². The first kappa shape index (κ1) is 14.8. The minimum Gasteiger partial charge on any atom is -0.462 e. The molecule has 0 spiro atoms. The summed E-state index contributed by atoms with van der Waals surface area (Å²) >= 11 is 6.51. The lowest BCUT2D eigenvalue weighted by Crippen LogP contribution is -2.10. The molecule has 0 fully saturated rings. The number of anilines is 1. The van der Waals surface area contributed by atoms with Gasteiger partial charge in [-0.3, -0.25) is 0 Å². The fraction of sp³-hybridized carbons (Fsp3) is 0.200. The van der Waals surface area contributed by atoms with Crippen LogP contribution in [0.2, 0.25) is 0 Å². The fourth-order valence-electron chi connectivity index (χ4n) is 1.73. The first-order valence-corrected chi connectivity index (χ1v) is 7.47. The highest BCUT2D eigenvalue weighted by molar-refractivity contribution is 8.08. The van der Waals surface area contributed by atoms with E-state index in [-0.39, 0.29) is 5.97 Å². The van der Waals surface area contributed by atoms with E-state index in [9.17, 15) is 4.79 Å². The minimum absolute atomic E-state index is 0.302. The Labute approximate surface area is 128 Å². The molecule has 1 aliphatic rings. The zero-order valence-corrected chi connectivity index (χ0v) is 13.0. The lowest BCUT2D eigenvalue weighted by molar-refractivity contribution is -0.137. The van der Waals surface area contributed by atoms with E-state index in [2.05, 4.69) is 0 Å². The summed E-state index contributed by atoms with van der Waals surface area (Å²) in [5.41, 5.74) is 0.988. The van der Waals surface area contributed by atoms with Crippen molar-refractivity contribution in [2.24, 2.45) is 0 Å². The molecule has 0 atom stereocenters. The summed E-state index contributed by atoms with van der Waals surface area (Å²) < 4.78 is 5.05. The number of hydrogen-bond donors (Lipinski definition) is 0. The summed E-state index contributed by atoms with van der Waals surface area (Å²) in [5.74, 6) is -0.302. The molecule has 0 amide bonds. The fourth-order valence-corrected chi connectivity index (χ4v) is 2.93. The van der Waals surface area contributed by atoms with E-state index < -0.39 is 0 Å². The van der Waals surface area contributed by atoms with Crippen LogP contribution in [0.4, 0.5) is 5.69 Å². The zero-order chi connectivity index (χ0) is 14.5. The molecule has 3 nitrogen and oxygen atoms in total. The molecule has 1 aliphatic heterocycles. The maximum Gasteiger partial charge on any atom is 0.346 e. The number of carbonyl (C=O) groups is 1. The maximum absolute atomic E-state index is 11.9. The molecule has 5 heteroatoms. The predicted molar refractivity (Wildman–Crippen MR) is 87.6 cm³/mol. The van der Waals surface area contributed by atoms with Gasteiger partial charge in [0, 0.05) is 16.8 Å². The van der Waals surface area contributed by atoms with E-state index >= 15 is 0 Å². The van der Waals surface area contributed by atoms with E-state index in [4.69, 9.17) is 17.0 Å². The molecule has 0 saturated carbocycles. The quantitative estimate of drug-likeness (QED) is 0.478. The molecule has 20 heavy (non-hydrogen) atoms. The van der Waals surface area contributed by atoms with Crippen molar-refractivity contribution >= 4 is 40.5 Å². The van der Waals surface area contributed by atoms with E-state index in [1.807, 2.05) is 48.2 Å². The van der Waals surface area contributed by atoms with Crippen molar-refractivity contribution < 1.29 is 9.53 Å². The number of hydrogen-bond acceptors (Lipinski definition) is 5. The van der Waals surface area contributed by atoms with Gasteiger partial charge in [-0.1, -0.05) is 42.2 Å². The Morgan fingerprint density at radius 1 is 1.40 bits per heavy atom. The van der Waals surface area contributed by atoms with Crippen molar-refractivity contribution in [3.63, 3.8) is 0 Å². The van der Waals surface area contributed by atoms with Crippen LogP contribution in [0.1, 0.15) is 13.8 Å². The van der Waals surface area contributed by atoms with Crippen molar-refractivity contribution in [2.45, 2.75) is 13.8 Å². The average molecular weight is 305 g/mol. The Balaban J connectivity index is 2.33. The molecule has 2 rings (SSSR count). The lowest BCUT2D eigenvalue weighted by Gasteiger charge is -2.17. The van der Waals surface area contributed by atoms with E-state index in [1.165, 1.54) is 11.8 Å². The third-order valence-corrected chi connectivity index (χ3v) is 3.67. The van der Waals surface area contributed by atoms with E-state index in [0.717, 1.165) is 15.6 Å². The molecule has 0 saturated heterocycles. The number of ether oxygens (including phenoxy) is 1. The Kier molecular flexibility index (Phi) is 4.98. The number of carbonyl (C=O) groups excluding carboxylic acids is 1. The maximum atomic E-state index is 11.9. The van der Waals surface area contributed by atoms with Crippen molar-refractivity contribution in [3.05, 3.63) is 52.5 Å². The monoisotopic (exact) mass is 305 g/mol. The molecule has 1 aromatic rings. The van der Waals surface area contributed by atoms with Gasteiger partial charge < -0.3 is 9.64 Å². The standard InChI is InChI=1S/C15H15NO2S2/c1-3-18-15(17)13-10-16(12-7-5-4-6-8-12)14(20-13)9-11(2)19/h4-10H,3H2,1-2H3/b14-9-. The summed E-state index contributed by atoms with van der Waals surface area (Å²) in [6.45, 7) is 4.02. The van der Waals surface area contributed by atoms with Crippen molar-refractivity contribution in [2.75, 3.05) is 11.5 Å². The Hall–Kier alpha value is -1.59. The molecule has 0 bridgehead atoms. The minimum atomic E-state index is -0.302. The first-order valence-electron chi connectivity index (χ1n) is 6.25. The van der Waals surface area contributed by atoms with E-state index in [1.54, 1.807) is 13.1 Å². The molecule has 104 valence electrons. The number of para-hydroxylation sites is 1. The molecular formula is C15H15NO2S2. The molecule has 1 aromatic carbocycles. The Bertz CT molecular complexity index is 579. The van der Waals surface area contributed by atoms with Gasteiger partial charge in [-0.25, -0.2) is 4.79 Å². The molecule has 0 aromatic heterocycles. The first-order chi connectivity index (χ1) is 9.61. The second-order valence-electron chi connectivity index (χ2n) is 4.11.